The van der Waals surface area contributed by atoms with Crippen LogP contribution in [-0.4, -0.2) is 18.6 Å². The van der Waals surface area contributed by atoms with Crippen molar-refractivity contribution in [2.24, 2.45) is 21.6 Å². The lowest BCUT2D eigenvalue weighted by Crippen LogP contribution is -2.02. The van der Waals surface area contributed by atoms with E-state index in [-0.39, 0.29) is 11.8 Å². The van der Waals surface area contributed by atoms with Gasteiger partial charge in [-0.25, -0.2) is 9.98 Å². The zero-order valence-electron chi connectivity index (χ0n) is 6.11. The Morgan fingerprint density at radius 1 is 1.60 bits per heavy atom. The predicted molar refractivity (Wildman–Crippen MR) is 41.0 cm³/mol. The molecule has 0 bridgehead atoms. The summed E-state index contributed by atoms with van der Waals surface area (Å²) in [6, 6.07) is 0. The van der Waals surface area contributed by atoms with Crippen LogP contribution in [0.3, 0.4) is 0 Å². The van der Waals surface area contributed by atoms with Gasteiger partial charge in [0, 0.05) is 5.92 Å². The standard InChI is InChI=1S/C6H11N3O/c1-5(2)6(10)9-4-8-3-7/h3-5H,1-2H3,(H2,7,8,9,10). The minimum Gasteiger partial charge on any atom is -0.390 e. The van der Waals surface area contributed by atoms with E-state index in [4.69, 9.17) is 5.73 Å². The van der Waals surface area contributed by atoms with E-state index in [0.717, 1.165) is 12.7 Å². The first-order chi connectivity index (χ1) is 4.68. The number of carbonyl (C=O) groups is 1. The van der Waals surface area contributed by atoms with Gasteiger partial charge in [-0.3, -0.25) is 4.79 Å². The Bertz CT molecular complexity index is 160. The third-order valence-corrected chi connectivity index (χ3v) is 0.832. The van der Waals surface area contributed by atoms with Crippen LogP contribution in [0.25, 0.3) is 0 Å². The Morgan fingerprint density at radius 3 is 2.60 bits per heavy atom. The number of amides is 1. The number of carbonyl (C=O) groups excluding carboxylic acids is 1. The summed E-state index contributed by atoms with van der Waals surface area (Å²) in [7, 11) is 0. The molecular formula is C6H11N3O. The van der Waals surface area contributed by atoms with Crippen LogP contribution in [0.4, 0.5) is 0 Å². The molecule has 0 saturated carbocycles. The van der Waals surface area contributed by atoms with Crippen LogP contribution in [0, 0.1) is 5.92 Å². The summed E-state index contributed by atoms with van der Waals surface area (Å²) in [5.41, 5.74) is 4.90. The van der Waals surface area contributed by atoms with E-state index in [1.807, 2.05) is 0 Å². The van der Waals surface area contributed by atoms with Gasteiger partial charge in [-0.15, -0.1) is 0 Å². The Morgan fingerprint density at radius 2 is 2.20 bits per heavy atom. The van der Waals surface area contributed by atoms with Crippen LogP contribution < -0.4 is 5.73 Å². The molecule has 4 nitrogen and oxygen atoms in total. The molecule has 1 amide bonds. The molecular weight excluding hydrogens is 130 g/mol. The van der Waals surface area contributed by atoms with E-state index in [1.54, 1.807) is 13.8 Å². The second-order valence-electron chi connectivity index (χ2n) is 2.04. The summed E-state index contributed by atoms with van der Waals surface area (Å²) >= 11 is 0. The van der Waals surface area contributed by atoms with Gasteiger partial charge in [0.2, 0.25) is 5.91 Å². The molecule has 0 aliphatic rings. The normalized spacial score (nSPS) is 11.9. The maximum absolute atomic E-state index is 10.7. The topological polar surface area (TPSA) is 67.8 Å². The molecule has 0 unspecified atom stereocenters. The molecule has 0 radical (unpaired) electrons. The summed E-state index contributed by atoms with van der Waals surface area (Å²) in [4.78, 5) is 17.6. The van der Waals surface area contributed by atoms with Crippen molar-refractivity contribution in [1.82, 2.24) is 0 Å². The first-order valence-corrected chi connectivity index (χ1v) is 2.98. The van der Waals surface area contributed by atoms with Gasteiger partial charge in [-0.1, -0.05) is 13.8 Å². The van der Waals surface area contributed by atoms with E-state index < -0.39 is 0 Å². The third kappa shape index (κ3) is 3.77. The van der Waals surface area contributed by atoms with Gasteiger partial charge in [0.15, 0.2) is 0 Å². The van der Waals surface area contributed by atoms with Crippen LogP contribution >= 0.6 is 0 Å². The van der Waals surface area contributed by atoms with Gasteiger partial charge in [0.1, 0.15) is 6.34 Å². The molecule has 2 N–H and O–H groups in total. The molecule has 0 atom stereocenters. The predicted octanol–water partition coefficient (Wildman–Crippen LogP) is 0.184. The smallest absolute Gasteiger partial charge is 0.249 e. The minimum atomic E-state index is -0.189. The zero-order valence-corrected chi connectivity index (χ0v) is 6.11. The fraction of sp³-hybridized carbons (Fsp3) is 0.500. The molecule has 0 heterocycles. The number of hydrogen-bond acceptors (Lipinski definition) is 1. The minimum absolute atomic E-state index is 0.0794. The van der Waals surface area contributed by atoms with Crippen molar-refractivity contribution in [1.29, 1.82) is 0 Å². The first-order valence-electron chi connectivity index (χ1n) is 2.98. The van der Waals surface area contributed by atoms with Gasteiger partial charge in [-0.05, 0) is 0 Å². The number of nitrogens with zero attached hydrogens (tertiary/aromatic N) is 2. The SMILES string of the molecule is CC(C)C(=O)N=CN=CN. The highest BCUT2D eigenvalue weighted by Crippen LogP contribution is 1.93. The summed E-state index contributed by atoms with van der Waals surface area (Å²) in [5, 5.41) is 0. The molecule has 0 aliphatic carbocycles. The Hall–Kier alpha value is -1.19. The molecule has 56 valence electrons. The summed E-state index contributed by atoms with van der Waals surface area (Å²) in [6.45, 7) is 3.54. The Kier molecular flexibility index (Phi) is 4.11. The summed E-state index contributed by atoms with van der Waals surface area (Å²) in [6.07, 6.45) is 2.22. The maximum Gasteiger partial charge on any atom is 0.249 e. The lowest BCUT2D eigenvalue weighted by Gasteiger charge is -1.92. The molecule has 0 spiro atoms. The zero-order chi connectivity index (χ0) is 7.98. The monoisotopic (exact) mass is 141 g/mol. The molecule has 0 aromatic rings. The van der Waals surface area contributed by atoms with Gasteiger partial charge >= 0.3 is 0 Å². The van der Waals surface area contributed by atoms with Gasteiger partial charge in [0.25, 0.3) is 0 Å². The van der Waals surface area contributed by atoms with E-state index in [0.29, 0.717) is 0 Å². The van der Waals surface area contributed by atoms with Crippen LogP contribution in [0.15, 0.2) is 9.98 Å². The fourth-order valence-electron chi connectivity index (χ4n) is 0.278. The van der Waals surface area contributed by atoms with Crippen LogP contribution in [0.5, 0.6) is 0 Å². The molecule has 4 heteroatoms. The lowest BCUT2D eigenvalue weighted by molar-refractivity contribution is -0.120. The maximum atomic E-state index is 10.7. The van der Waals surface area contributed by atoms with E-state index in [1.165, 1.54) is 0 Å². The highest BCUT2D eigenvalue weighted by molar-refractivity contribution is 5.87. The largest absolute Gasteiger partial charge is 0.390 e. The van der Waals surface area contributed by atoms with Crippen molar-refractivity contribution in [3.8, 4) is 0 Å². The van der Waals surface area contributed by atoms with E-state index in [9.17, 15) is 4.79 Å². The number of aliphatic imine (C=N–C) groups is 2. The molecule has 0 aliphatic heterocycles. The molecule has 0 saturated heterocycles. The van der Waals surface area contributed by atoms with Crippen LogP contribution in [0.2, 0.25) is 0 Å². The Labute approximate surface area is 59.9 Å². The van der Waals surface area contributed by atoms with Crippen LogP contribution in [0.1, 0.15) is 13.8 Å². The molecule has 0 aromatic heterocycles. The Balaban J connectivity index is 3.78. The van der Waals surface area contributed by atoms with Crippen molar-refractivity contribution in [2.75, 3.05) is 0 Å². The summed E-state index contributed by atoms with van der Waals surface area (Å²) < 4.78 is 0. The highest BCUT2D eigenvalue weighted by Gasteiger charge is 2.01. The molecule has 0 rings (SSSR count). The second-order valence-corrected chi connectivity index (χ2v) is 2.04. The average Bonchev–Trinajstić information content (AvgIpc) is 1.88. The van der Waals surface area contributed by atoms with Crippen molar-refractivity contribution in [3.63, 3.8) is 0 Å². The number of rotatable bonds is 2. The lowest BCUT2D eigenvalue weighted by atomic mass is 10.2. The fourth-order valence-corrected chi connectivity index (χ4v) is 0.278. The summed E-state index contributed by atoms with van der Waals surface area (Å²) in [5.74, 6) is -0.269. The van der Waals surface area contributed by atoms with E-state index >= 15 is 0 Å². The van der Waals surface area contributed by atoms with Gasteiger partial charge < -0.3 is 5.73 Å². The second kappa shape index (κ2) is 4.67. The molecule has 0 fully saturated rings. The number of hydrogen-bond donors (Lipinski definition) is 1. The van der Waals surface area contributed by atoms with Crippen molar-refractivity contribution < 1.29 is 4.79 Å². The van der Waals surface area contributed by atoms with Gasteiger partial charge in [-0.2, -0.15) is 0 Å². The quantitative estimate of drug-likeness (QED) is 0.440. The number of nitrogens with two attached hydrogens (primary N) is 1. The van der Waals surface area contributed by atoms with E-state index in [2.05, 4.69) is 9.98 Å². The van der Waals surface area contributed by atoms with Gasteiger partial charge in [0.05, 0.1) is 6.34 Å². The van der Waals surface area contributed by atoms with Crippen molar-refractivity contribution in [2.45, 2.75) is 13.8 Å². The first kappa shape index (κ1) is 8.81. The third-order valence-electron chi connectivity index (χ3n) is 0.832. The van der Waals surface area contributed by atoms with Crippen LogP contribution in [-0.2, 0) is 4.79 Å². The molecule has 0 aromatic carbocycles. The highest BCUT2D eigenvalue weighted by atomic mass is 16.1. The van der Waals surface area contributed by atoms with Crippen molar-refractivity contribution >= 4 is 18.6 Å². The van der Waals surface area contributed by atoms with Crippen molar-refractivity contribution in [3.05, 3.63) is 0 Å². The molecule has 10 heavy (non-hydrogen) atoms. The average molecular weight is 141 g/mol.